The third kappa shape index (κ3) is 3.81. The van der Waals surface area contributed by atoms with Gasteiger partial charge in [-0.2, -0.15) is 10.2 Å². The fourth-order valence-corrected chi connectivity index (χ4v) is 4.00. The van der Waals surface area contributed by atoms with Crippen molar-refractivity contribution in [2.75, 3.05) is 5.32 Å². The number of nitrogens with zero attached hydrogens (tertiary/aromatic N) is 6. The van der Waals surface area contributed by atoms with Crippen molar-refractivity contribution in [2.24, 2.45) is 0 Å². The van der Waals surface area contributed by atoms with E-state index in [1.54, 1.807) is 13.3 Å². The largest absolute Gasteiger partial charge is 0.339 e. The Morgan fingerprint density at radius 2 is 1.94 bits per heavy atom. The summed E-state index contributed by atoms with van der Waals surface area (Å²) in [5, 5.41) is 18.9. The Balaban J connectivity index is 1.56. The van der Waals surface area contributed by atoms with Gasteiger partial charge in [0.15, 0.2) is 11.6 Å². The Hall–Kier alpha value is -4.40. The van der Waals surface area contributed by atoms with Crippen molar-refractivity contribution in [1.82, 2.24) is 34.9 Å². The van der Waals surface area contributed by atoms with E-state index in [1.807, 2.05) is 67.8 Å². The van der Waals surface area contributed by atoms with Gasteiger partial charge in [-0.05, 0) is 69.7 Å². The van der Waals surface area contributed by atoms with Gasteiger partial charge in [0, 0.05) is 22.5 Å². The van der Waals surface area contributed by atoms with E-state index in [0.717, 1.165) is 45.8 Å². The first-order valence-corrected chi connectivity index (χ1v) is 11.1. The number of ketones is 1. The molecule has 170 valence electrons. The number of rotatable bonds is 6. The van der Waals surface area contributed by atoms with Gasteiger partial charge in [0.2, 0.25) is 0 Å². The molecule has 34 heavy (non-hydrogen) atoms. The molecule has 0 spiro atoms. The summed E-state index contributed by atoms with van der Waals surface area (Å²) in [7, 11) is 0. The summed E-state index contributed by atoms with van der Waals surface area (Å²) in [4.78, 5) is 21.9. The van der Waals surface area contributed by atoms with Crippen molar-refractivity contribution < 1.29 is 4.79 Å². The predicted octanol–water partition coefficient (Wildman–Crippen LogP) is 4.73. The number of pyridine rings is 1. The van der Waals surface area contributed by atoms with E-state index in [0.29, 0.717) is 22.9 Å². The summed E-state index contributed by atoms with van der Waals surface area (Å²) in [6, 6.07) is 13.3. The third-order valence-corrected chi connectivity index (χ3v) is 5.74. The fourth-order valence-electron chi connectivity index (χ4n) is 4.00. The van der Waals surface area contributed by atoms with E-state index in [4.69, 9.17) is 4.98 Å². The van der Waals surface area contributed by atoms with Crippen LogP contribution in [0.1, 0.15) is 41.3 Å². The van der Waals surface area contributed by atoms with Crippen molar-refractivity contribution >= 4 is 28.3 Å². The number of hydrogen-bond acceptors (Lipinski definition) is 7. The minimum absolute atomic E-state index is 0.0397. The Kier molecular flexibility index (Phi) is 5.37. The van der Waals surface area contributed by atoms with Gasteiger partial charge in [-0.25, -0.2) is 9.97 Å². The van der Waals surface area contributed by atoms with Crippen molar-refractivity contribution in [1.29, 1.82) is 0 Å². The van der Waals surface area contributed by atoms with Crippen molar-refractivity contribution in [3.63, 3.8) is 0 Å². The minimum atomic E-state index is -0.0397. The lowest BCUT2D eigenvalue weighted by Crippen LogP contribution is -2.05. The SMILES string of the molecule is CCc1[nH]nc(C)c1-c1nc(-n2cnc3cc(Nc4ccc(C)nn4)ccc32)ccc1C(C)=O. The van der Waals surface area contributed by atoms with E-state index in [1.165, 1.54) is 0 Å². The zero-order valence-corrected chi connectivity index (χ0v) is 19.4. The van der Waals surface area contributed by atoms with E-state index in [2.05, 4.69) is 30.7 Å². The molecule has 5 aromatic rings. The first-order chi connectivity index (χ1) is 16.4. The summed E-state index contributed by atoms with van der Waals surface area (Å²) in [5.41, 5.74) is 7.27. The van der Waals surface area contributed by atoms with Crippen LogP contribution in [0.25, 0.3) is 28.1 Å². The molecule has 9 nitrogen and oxygen atoms in total. The number of nitrogens with one attached hydrogen (secondary N) is 2. The van der Waals surface area contributed by atoms with Crippen LogP contribution in [0.5, 0.6) is 0 Å². The van der Waals surface area contributed by atoms with E-state index in [-0.39, 0.29) is 5.78 Å². The van der Waals surface area contributed by atoms with Crippen LogP contribution in [0.3, 0.4) is 0 Å². The van der Waals surface area contributed by atoms with Gasteiger partial charge in [0.05, 0.1) is 28.1 Å². The van der Waals surface area contributed by atoms with Gasteiger partial charge in [-0.3, -0.25) is 14.5 Å². The molecule has 0 atom stereocenters. The number of aryl methyl sites for hydroxylation is 3. The van der Waals surface area contributed by atoms with Gasteiger partial charge in [-0.15, -0.1) is 5.10 Å². The Labute approximate surface area is 196 Å². The Morgan fingerprint density at radius 3 is 2.68 bits per heavy atom. The third-order valence-electron chi connectivity index (χ3n) is 5.74. The van der Waals surface area contributed by atoms with Gasteiger partial charge in [-0.1, -0.05) is 6.92 Å². The number of fused-ring (bicyclic) bond motifs is 1. The summed E-state index contributed by atoms with van der Waals surface area (Å²) >= 11 is 0. The van der Waals surface area contributed by atoms with Crippen LogP contribution in [-0.4, -0.2) is 40.7 Å². The number of aromatic nitrogens is 7. The highest BCUT2D eigenvalue weighted by molar-refractivity contribution is 6.00. The maximum Gasteiger partial charge on any atom is 0.161 e. The lowest BCUT2D eigenvalue weighted by Gasteiger charge is -2.11. The number of carbonyl (C=O) groups excluding carboxylic acids is 1. The second-order valence-electron chi connectivity index (χ2n) is 8.14. The Morgan fingerprint density at radius 1 is 1.09 bits per heavy atom. The molecule has 0 fully saturated rings. The zero-order chi connectivity index (χ0) is 23.8. The molecule has 0 aliphatic rings. The molecule has 2 N–H and O–H groups in total. The van der Waals surface area contributed by atoms with Gasteiger partial charge >= 0.3 is 0 Å². The number of imidazole rings is 1. The van der Waals surface area contributed by atoms with Crippen LogP contribution in [0.2, 0.25) is 0 Å². The summed E-state index contributed by atoms with van der Waals surface area (Å²) in [5.74, 6) is 1.30. The zero-order valence-electron chi connectivity index (χ0n) is 19.4. The average molecular weight is 453 g/mol. The molecule has 0 unspecified atom stereocenters. The highest BCUT2D eigenvalue weighted by Crippen LogP contribution is 2.30. The summed E-state index contributed by atoms with van der Waals surface area (Å²) < 4.78 is 1.92. The summed E-state index contributed by atoms with van der Waals surface area (Å²) in [6.07, 6.45) is 2.50. The molecule has 4 aromatic heterocycles. The van der Waals surface area contributed by atoms with Crippen LogP contribution in [0.4, 0.5) is 11.5 Å². The molecule has 9 heteroatoms. The number of anilines is 2. The standard InChI is InChI=1S/C25H24N8O/c1-5-19-24(15(3)30-31-19)25-18(16(4)34)8-11-23(28-25)33-13-26-20-12-17(7-9-21(20)33)27-22-10-6-14(2)29-32-22/h6-13H,5H2,1-4H3,(H,27,32)(H,30,31). The quantitative estimate of drug-likeness (QED) is 0.358. The van der Waals surface area contributed by atoms with Gasteiger partial charge < -0.3 is 5.32 Å². The van der Waals surface area contributed by atoms with Gasteiger partial charge in [0.25, 0.3) is 0 Å². The normalized spacial score (nSPS) is 11.2. The molecule has 5 rings (SSSR count). The molecular formula is C25H24N8O. The van der Waals surface area contributed by atoms with Crippen LogP contribution in [0.15, 0.2) is 48.8 Å². The molecule has 0 aliphatic heterocycles. The van der Waals surface area contributed by atoms with E-state index >= 15 is 0 Å². The second kappa shape index (κ2) is 8.51. The van der Waals surface area contributed by atoms with Crippen LogP contribution in [-0.2, 0) is 6.42 Å². The molecule has 4 heterocycles. The molecule has 0 amide bonds. The molecule has 0 saturated heterocycles. The van der Waals surface area contributed by atoms with Crippen LogP contribution < -0.4 is 5.32 Å². The number of aromatic amines is 1. The first-order valence-electron chi connectivity index (χ1n) is 11.1. The van der Waals surface area contributed by atoms with E-state index in [9.17, 15) is 4.79 Å². The number of Topliss-reactive ketones (excluding diaryl/α,β-unsaturated/α-hetero) is 1. The predicted molar refractivity (Wildman–Crippen MR) is 131 cm³/mol. The highest BCUT2D eigenvalue weighted by Gasteiger charge is 2.20. The molecule has 0 saturated carbocycles. The Bertz CT molecular complexity index is 1510. The van der Waals surface area contributed by atoms with Gasteiger partial charge in [0.1, 0.15) is 12.1 Å². The van der Waals surface area contributed by atoms with Crippen molar-refractivity contribution in [3.8, 4) is 17.1 Å². The lowest BCUT2D eigenvalue weighted by atomic mass is 10.0. The van der Waals surface area contributed by atoms with Crippen molar-refractivity contribution in [2.45, 2.75) is 34.1 Å². The first kappa shape index (κ1) is 21.4. The molecule has 0 radical (unpaired) electrons. The maximum atomic E-state index is 12.4. The topological polar surface area (TPSA) is 114 Å². The smallest absolute Gasteiger partial charge is 0.161 e. The maximum absolute atomic E-state index is 12.4. The number of H-pyrrole nitrogens is 1. The summed E-state index contributed by atoms with van der Waals surface area (Å²) in [6.45, 7) is 7.42. The number of carbonyl (C=O) groups is 1. The molecule has 0 aliphatic carbocycles. The number of hydrogen-bond donors (Lipinski definition) is 2. The molecular weight excluding hydrogens is 428 g/mol. The highest BCUT2D eigenvalue weighted by atomic mass is 16.1. The second-order valence-corrected chi connectivity index (χ2v) is 8.14. The molecule has 1 aromatic carbocycles. The van der Waals surface area contributed by atoms with Crippen LogP contribution in [0, 0.1) is 13.8 Å². The monoisotopic (exact) mass is 452 g/mol. The van der Waals surface area contributed by atoms with E-state index < -0.39 is 0 Å². The minimum Gasteiger partial charge on any atom is -0.339 e. The number of benzene rings is 1. The van der Waals surface area contributed by atoms with Crippen LogP contribution >= 0.6 is 0 Å². The molecule has 0 bridgehead atoms. The lowest BCUT2D eigenvalue weighted by molar-refractivity contribution is 0.101. The average Bonchev–Trinajstić information content (AvgIpc) is 3.42. The fraction of sp³-hybridized carbons (Fsp3) is 0.200. The van der Waals surface area contributed by atoms with Crippen molar-refractivity contribution in [3.05, 3.63) is 71.4 Å².